The zero-order valence-electron chi connectivity index (χ0n) is 13.5. The molecule has 1 aliphatic rings. The maximum absolute atomic E-state index is 11.7. The third-order valence-electron chi connectivity index (χ3n) is 4.42. The molecule has 0 atom stereocenters. The Kier molecular flexibility index (Phi) is 6.01. The van der Waals surface area contributed by atoms with E-state index >= 15 is 0 Å². The number of anilines is 1. The van der Waals surface area contributed by atoms with Crippen LogP contribution in [0.3, 0.4) is 0 Å². The number of nitrogens with one attached hydrogen (secondary N) is 1. The molecule has 1 aromatic carbocycles. The molecule has 120 valence electrons. The van der Waals surface area contributed by atoms with Crippen molar-refractivity contribution in [1.29, 1.82) is 0 Å². The van der Waals surface area contributed by atoms with E-state index in [2.05, 4.69) is 34.5 Å². The van der Waals surface area contributed by atoms with Crippen molar-refractivity contribution in [3.8, 4) is 0 Å². The highest BCUT2D eigenvalue weighted by Crippen LogP contribution is 2.23. The lowest BCUT2D eigenvalue weighted by molar-refractivity contribution is -0.117. The average molecular weight is 302 g/mol. The van der Waals surface area contributed by atoms with Gasteiger partial charge in [-0.2, -0.15) is 0 Å². The van der Waals surface area contributed by atoms with E-state index in [1.165, 1.54) is 5.69 Å². The molecule has 0 saturated carbocycles. The Morgan fingerprint density at radius 3 is 2.50 bits per heavy atom. The number of carbonyl (C=O) groups is 1. The third kappa shape index (κ3) is 4.34. The second kappa shape index (κ2) is 7.99. The Morgan fingerprint density at radius 2 is 1.95 bits per heavy atom. The maximum atomic E-state index is 11.7. The molecule has 0 aromatic heterocycles. The molecule has 1 saturated heterocycles. The molecule has 1 heterocycles. The number of hydrogen-bond acceptors (Lipinski definition) is 3. The van der Waals surface area contributed by atoms with Crippen LogP contribution in [0.25, 0.3) is 0 Å². The highest BCUT2D eigenvalue weighted by molar-refractivity contribution is 5.92. The summed E-state index contributed by atoms with van der Waals surface area (Å²) in [6.07, 6.45) is 3.92. The number of allylic oxidation sites excluding steroid dienone is 1. The molecule has 4 heteroatoms. The van der Waals surface area contributed by atoms with Gasteiger partial charge in [0.1, 0.15) is 0 Å². The summed E-state index contributed by atoms with van der Waals surface area (Å²) >= 11 is 0. The first-order valence-electron chi connectivity index (χ1n) is 8.00. The van der Waals surface area contributed by atoms with Crippen LogP contribution in [-0.4, -0.2) is 30.7 Å². The number of aliphatic hydroxyl groups excluding tert-OH is 1. The minimum Gasteiger partial charge on any atom is -0.396 e. The first kappa shape index (κ1) is 16.6. The third-order valence-corrected chi connectivity index (χ3v) is 4.42. The summed E-state index contributed by atoms with van der Waals surface area (Å²) in [5, 5.41) is 12.1. The summed E-state index contributed by atoms with van der Waals surface area (Å²) in [5.41, 5.74) is 3.06. The van der Waals surface area contributed by atoms with E-state index in [9.17, 15) is 9.90 Å². The van der Waals surface area contributed by atoms with Crippen LogP contribution < -0.4 is 10.2 Å². The predicted octanol–water partition coefficient (Wildman–Crippen LogP) is 2.48. The normalized spacial score (nSPS) is 16.7. The van der Waals surface area contributed by atoms with Crippen LogP contribution in [0.5, 0.6) is 0 Å². The molecule has 0 spiro atoms. The van der Waals surface area contributed by atoms with Gasteiger partial charge in [0.25, 0.3) is 0 Å². The van der Waals surface area contributed by atoms with E-state index in [1.54, 1.807) is 0 Å². The molecule has 1 amide bonds. The van der Waals surface area contributed by atoms with Crippen molar-refractivity contribution in [2.45, 2.75) is 33.2 Å². The van der Waals surface area contributed by atoms with E-state index in [-0.39, 0.29) is 5.91 Å². The van der Waals surface area contributed by atoms with Crippen molar-refractivity contribution < 1.29 is 9.90 Å². The van der Waals surface area contributed by atoms with Crippen molar-refractivity contribution in [2.24, 2.45) is 5.92 Å². The standard InChI is InChI=1S/C18H26N2O2/c1-3-14(2)18(22)19-12-15-4-6-17(7-5-15)20-10-8-16(13-21)9-11-20/h3-7,16,21H,8-13H2,1-2H3,(H,19,22). The van der Waals surface area contributed by atoms with Gasteiger partial charge in [-0.15, -0.1) is 0 Å². The monoisotopic (exact) mass is 302 g/mol. The second-order valence-electron chi connectivity index (χ2n) is 5.93. The minimum absolute atomic E-state index is 0.0161. The number of carbonyl (C=O) groups excluding carboxylic acids is 1. The van der Waals surface area contributed by atoms with Gasteiger partial charge in [-0.1, -0.05) is 18.2 Å². The van der Waals surface area contributed by atoms with Crippen molar-refractivity contribution >= 4 is 11.6 Å². The van der Waals surface area contributed by atoms with Crippen molar-refractivity contribution in [1.82, 2.24) is 5.32 Å². The Labute approximate surface area is 132 Å². The van der Waals surface area contributed by atoms with E-state index in [0.717, 1.165) is 37.1 Å². The van der Waals surface area contributed by atoms with Gasteiger partial charge >= 0.3 is 0 Å². The van der Waals surface area contributed by atoms with Gasteiger partial charge in [0.05, 0.1) is 0 Å². The lowest BCUT2D eigenvalue weighted by atomic mass is 9.97. The quantitative estimate of drug-likeness (QED) is 0.822. The van der Waals surface area contributed by atoms with Crippen LogP contribution in [-0.2, 0) is 11.3 Å². The topological polar surface area (TPSA) is 52.6 Å². The fourth-order valence-electron chi connectivity index (χ4n) is 2.65. The number of piperidine rings is 1. The molecule has 1 aromatic rings. The smallest absolute Gasteiger partial charge is 0.246 e. The number of nitrogens with zero attached hydrogens (tertiary/aromatic N) is 1. The minimum atomic E-state index is -0.0161. The zero-order chi connectivity index (χ0) is 15.9. The summed E-state index contributed by atoms with van der Waals surface area (Å²) in [6, 6.07) is 8.37. The first-order chi connectivity index (χ1) is 10.6. The highest BCUT2D eigenvalue weighted by atomic mass is 16.3. The lowest BCUT2D eigenvalue weighted by Gasteiger charge is -2.33. The number of hydrogen-bond donors (Lipinski definition) is 2. The number of rotatable bonds is 5. The van der Waals surface area contributed by atoms with E-state index in [4.69, 9.17) is 0 Å². The largest absolute Gasteiger partial charge is 0.396 e. The van der Waals surface area contributed by atoms with E-state index < -0.39 is 0 Å². The van der Waals surface area contributed by atoms with Gasteiger partial charge in [0, 0.05) is 37.5 Å². The Hall–Kier alpha value is -1.81. The lowest BCUT2D eigenvalue weighted by Crippen LogP contribution is -2.34. The first-order valence-corrected chi connectivity index (χ1v) is 8.00. The Bertz CT molecular complexity index is 514. The zero-order valence-corrected chi connectivity index (χ0v) is 13.5. The van der Waals surface area contributed by atoms with Crippen LogP contribution in [0, 0.1) is 5.92 Å². The summed E-state index contributed by atoms with van der Waals surface area (Å²) < 4.78 is 0. The number of benzene rings is 1. The van der Waals surface area contributed by atoms with Crippen LogP contribution in [0.1, 0.15) is 32.3 Å². The predicted molar refractivity (Wildman–Crippen MR) is 89.7 cm³/mol. The molecule has 0 unspecified atom stereocenters. The fourth-order valence-corrected chi connectivity index (χ4v) is 2.65. The molecule has 22 heavy (non-hydrogen) atoms. The molecular weight excluding hydrogens is 276 g/mol. The Balaban J connectivity index is 1.87. The van der Waals surface area contributed by atoms with Crippen LogP contribution in [0.2, 0.25) is 0 Å². The SMILES string of the molecule is CC=C(C)C(=O)NCc1ccc(N2CCC(CO)CC2)cc1. The van der Waals surface area contributed by atoms with Crippen molar-refractivity contribution in [2.75, 3.05) is 24.6 Å². The van der Waals surface area contributed by atoms with Gasteiger partial charge in [-0.3, -0.25) is 4.79 Å². The van der Waals surface area contributed by atoms with Gasteiger partial charge < -0.3 is 15.3 Å². The number of aliphatic hydroxyl groups is 1. The van der Waals surface area contributed by atoms with Crippen LogP contribution >= 0.6 is 0 Å². The molecule has 0 radical (unpaired) electrons. The second-order valence-corrected chi connectivity index (χ2v) is 5.93. The molecule has 4 nitrogen and oxygen atoms in total. The van der Waals surface area contributed by atoms with E-state index in [1.807, 2.05) is 19.9 Å². The fraction of sp³-hybridized carbons (Fsp3) is 0.500. The molecule has 2 N–H and O–H groups in total. The van der Waals surface area contributed by atoms with E-state index in [0.29, 0.717) is 19.1 Å². The van der Waals surface area contributed by atoms with Gasteiger partial charge in [0.2, 0.25) is 5.91 Å². The highest BCUT2D eigenvalue weighted by Gasteiger charge is 2.18. The Morgan fingerprint density at radius 1 is 1.32 bits per heavy atom. The summed E-state index contributed by atoms with van der Waals surface area (Å²) in [5.74, 6) is 0.443. The molecule has 0 bridgehead atoms. The van der Waals surface area contributed by atoms with Gasteiger partial charge in [-0.05, 0) is 50.3 Å². The summed E-state index contributed by atoms with van der Waals surface area (Å²) in [4.78, 5) is 14.1. The number of amides is 1. The van der Waals surface area contributed by atoms with Crippen LogP contribution in [0.4, 0.5) is 5.69 Å². The average Bonchev–Trinajstić information content (AvgIpc) is 2.59. The molecule has 0 aliphatic carbocycles. The van der Waals surface area contributed by atoms with Gasteiger partial charge in [-0.25, -0.2) is 0 Å². The van der Waals surface area contributed by atoms with Crippen LogP contribution in [0.15, 0.2) is 35.9 Å². The molecular formula is C18H26N2O2. The molecule has 1 fully saturated rings. The van der Waals surface area contributed by atoms with Crippen molar-refractivity contribution in [3.63, 3.8) is 0 Å². The summed E-state index contributed by atoms with van der Waals surface area (Å²) in [7, 11) is 0. The van der Waals surface area contributed by atoms with Gasteiger partial charge in [0.15, 0.2) is 0 Å². The molecule has 1 aliphatic heterocycles. The molecule has 2 rings (SSSR count). The summed E-state index contributed by atoms with van der Waals surface area (Å²) in [6.45, 7) is 6.54. The maximum Gasteiger partial charge on any atom is 0.246 e. The van der Waals surface area contributed by atoms with Crippen molar-refractivity contribution in [3.05, 3.63) is 41.5 Å².